The number of nitrogens with two attached hydrogens (primary N) is 1. The van der Waals surface area contributed by atoms with Crippen molar-refractivity contribution in [3.8, 4) is 11.4 Å². The van der Waals surface area contributed by atoms with Crippen LogP contribution in [0.2, 0.25) is 0 Å². The Morgan fingerprint density at radius 2 is 1.86 bits per heavy atom. The number of hydrogen-bond acceptors (Lipinski definition) is 9. The number of nitrogens with one attached hydrogen (secondary N) is 1. The number of amides is 2. The molecule has 234 valence electrons. The summed E-state index contributed by atoms with van der Waals surface area (Å²) in [5.41, 5.74) is 6.92. The third-order valence-electron chi connectivity index (χ3n) is 8.11. The monoisotopic (exact) mass is 613 g/mol. The van der Waals surface area contributed by atoms with Gasteiger partial charge in [0.2, 0.25) is 11.8 Å². The van der Waals surface area contributed by atoms with Crippen molar-refractivity contribution in [2.24, 2.45) is 5.41 Å². The summed E-state index contributed by atoms with van der Waals surface area (Å²) in [4.78, 5) is 38.9. The van der Waals surface area contributed by atoms with Gasteiger partial charge in [-0.25, -0.2) is 14.5 Å². The fraction of sp³-hybridized carbons (Fsp3) is 0.483. The van der Waals surface area contributed by atoms with Crippen LogP contribution in [0.25, 0.3) is 16.9 Å². The second-order valence-electron chi connectivity index (χ2n) is 12.0. The first kappa shape index (κ1) is 29.8. The molecule has 44 heavy (non-hydrogen) atoms. The SMILES string of the molecule is CC(C)=CC(=O)NCC(=O)N1CCN(Cc2cc3c(N4CC5(COC5)C4)nc(-c4cnc(N)cc4C(F)(F)F)nn3c2)CC1. The molecular weight excluding hydrogens is 579 g/mol. The molecule has 12 nitrogen and oxygen atoms in total. The van der Waals surface area contributed by atoms with E-state index in [1.807, 2.05) is 24.8 Å². The van der Waals surface area contributed by atoms with Crippen molar-refractivity contribution in [2.45, 2.75) is 26.6 Å². The van der Waals surface area contributed by atoms with Gasteiger partial charge in [0.25, 0.3) is 0 Å². The van der Waals surface area contributed by atoms with Gasteiger partial charge in [-0.15, -0.1) is 5.10 Å². The van der Waals surface area contributed by atoms with Crippen molar-refractivity contribution in [3.05, 3.63) is 47.3 Å². The van der Waals surface area contributed by atoms with Gasteiger partial charge >= 0.3 is 6.18 Å². The number of fused-ring (bicyclic) bond motifs is 1. The molecule has 3 saturated heterocycles. The molecule has 15 heteroatoms. The first-order chi connectivity index (χ1) is 20.9. The van der Waals surface area contributed by atoms with Gasteiger partial charge in [-0.2, -0.15) is 13.2 Å². The molecule has 0 unspecified atom stereocenters. The lowest BCUT2D eigenvalue weighted by Gasteiger charge is -2.55. The standard InChI is InChI=1S/C29H34F3N9O3/c1-18(2)7-24(42)35-11-25(43)39-5-3-38(4-6-39)12-19-8-22-27(40-14-28(15-40)16-44-17-28)36-26(37-41(22)13-19)20-10-34-23(33)9-21(20)29(30,31)32/h7-10,13H,3-6,11-12,14-17H2,1-2H3,(H2,33,34)(H,35,42). The van der Waals surface area contributed by atoms with Crippen LogP contribution in [0.3, 0.4) is 0 Å². The Morgan fingerprint density at radius 1 is 1.14 bits per heavy atom. The number of hydrogen-bond donors (Lipinski definition) is 2. The van der Waals surface area contributed by atoms with Gasteiger partial charge in [-0.3, -0.25) is 14.5 Å². The van der Waals surface area contributed by atoms with Gasteiger partial charge in [0.15, 0.2) is 11.6 Å². The molecule has 2 amide bonds. The predicted octanol–water partition coefficient (Wildman–Crippen LogP) is 1.96. The number of nitrogens with zero attached hydrogens (tertiary/aromatic N) is 7. The number of rotatable bonds is 7. The lowest BCUT2D eigenvalue weighted by atomic mass is 9.78. The van der Waals surface area contributed by atoms with E-state index in [1.165, 1.54) is 6.08 Å². The quantitative estimate of drug-likeness (QED) is 0.384. The van der Waals surface area contributed by atoms with Crippen molar-refractivity contribution >= 4 is 29.0 Å². The zero-order valence-corrected chi connectivity index (χ0v) is 24.5. The van der Waals surface area contributed by atoms with Gasteiger partial charge in [-0.05, 0) is 31.5 Å². The summed E-state index contributed by atoms with van der Waals surface area (Å²) in [5.74, 6) is -0.212. The van der Waals surface area contributed by atoms with Crippen LogP contribution >= 0.6 is 0 Å². The lowest BCUT2D eigenvalue weighted by Crippen LogP contribution is -2.66. The van der Waals surface area contributed by atoms with Crippen LogP contribution in [0.15, 0.2) is 36.2 Å². The molecule has 3 aliphatic rings. The highest BCUT2D eigenvalue weighted by Gasteiger charge is 2.50. The zero-order chi connectivity index (χ0) is 31.2. The molecule has 6 rings (SSSR count). The van der Waals surface area contributed by atoms with Crippen molar-refractivity contribution in [3.63, 3.8) is 0 Å². The van der Waals surface area contributed by atoms with Crippen LogP contribution in [0.4, 0.5) is 24.8 Å². The van der Waals surface area contributed by atoms with Gasteiger partial charge in [0, 0.05) is 64.3 Å². The van der Waals surface area contributed by atoms with E-state index in [0.29, 0.717) is 70.4 Å². The fourth-order valence-electron chi connectivity index (χ4n) is 5.84. The number of ether oxygens (including phenoxy) is 1. The smallest absolute Gasteiger partial charge is 0.384 e. The van der Waals surface area contributed by atoms with Crippen LogP contribution < -0.4 is 16.0 Å². The van der Waals surface area contributed by atoms with Gasteiger partial charge in [0.05, 0.1) is 36.3 Å². The molecule has 3 aromatic heterocycles. The maximum atomic E-state index is 14.0. The molecule has 0 aromatic carbocycles. The van der Waals surface area contributed by atoms with Gasteiger partial charge < -0.3 is 25.6 Å². The predicted molar refractivity (Wildman–Crippen MR) is 155 cm³/mol. The maximum absolute atomic E-state index is 14.0. The van der Waals surface area contributed by atoms with Gasteiger partial charge in [0.1, 0.15) is 11.3 Å². The summed E-state index contributed by atoms with van der Waals surface area (Å²) in [7, 11) is 0. The average Bonchev–Trinajstić information content (AvgIpc) is 3.32. The Hall–Kier alpha value is -4.24. The minimum absolute atomic E-state index is 0.0548. The molecular formula is C29H34F3N9O3. The summed E-state index contributed by atoms with van der Waals surface area (Å²) in [5, 5.41) is 7.11. The number of allylic oxidation sites excluding steroid dienone is 1. The van der Waals surface area contributed by atoms with Crippen LogP contribution in [0.5, 0.6) is 0 Å². The van der Waals surface area contributed by atoms with E-state index in [9.17, 15) is 22.8 Å². The second kappa shape index (κ2) is 11.4. The fourth-order valence-corrected chi connectivity index (χ4v) is 5.84. The number of aromatic nitrogens is 4. The third-order valence-corrected chi connectivity index (χ3v) is 8.11. The highest BCUT2D eigenvalue weighted by atomic mass is 19.4. The molecule has 0 aliphatic carbocycles. The Bertz CT molecular complexity index is 1610. The first-order valence-corrected chi connectivity index (χ1v) is 14.4. The van der Waals surface area contributed by atoms with E-state index in [2.05, 4.69) is 25.3 Å². The first-order valence-electron chi connectivity index (χ1n) is 14.4. The van der Waals surface area contributed by atoms with Crippen molar-refractivity contribution < 1.29 is 27.5 Å². The van der Waals surface area contributed by atoms with Crippen LogP contribution in [0, 0.1) is 5.41 Å². The number of carbonyl (C=O) groups is 2. The van der Waals surface area contributed by atoms with Crippen LogP contribution in [-0.2, 0) is 27.0 Å². The van der Waals surface area contributed by atoms with Crippen molar-refractivity contribution in [2.75, 3.05) is 69.7 Å². The Labute approximate surface area is 251 Å². The lowest BCUT2D eigenvalue weighted by molar-refractivity contribution is -0.137. The van der Waals surface area contributed by atoms with Crippen molar-refractivity contribution in [1.82, 2.24) is 34.7 Å². The van der Waals surface area contributed by atoms with E-state index < -0.39 is 11.7 Å². The Balaban J connectivity index is 1.20. The minimum Gasteiger partial charge on any atom is -0.384 e. The number of piperazine rings is 1. The number of halogens is 3. The van der Waals surface area contributed by atoms with E-state index in [1.54, 1.807) is 15.6 Å². The zero-order valence-electron chi connectivity index (χ0n) is 24.5. The molecule has 0 saturated carbocycles. The Morgan fingerprint density at radius 3 is 2.50 bits per heavy atom. The summed E-state index contributed by atoms with van der Waals surface area (Å²) in [6.07, 6.45) is -0.341. The molecule has 3 aliphatic heterocycles. The summed E-state index contributed by atoms with van der Waals surface area (Å²) in [6.45, 7) is 9.11. The second-order valence-corrected chi connectivity index (χ2v) is 12.0. The summed E-state index contributed by atoms with van der Waals surface area (Å²) < 4.78 is 48.9. The number of nitrogen functional groups attached to an aromatic ring is 1. The highest BCUT2D eigenvalue weighted by Crippen LogP contribution is 2.42. The third kappa shape index (κ3) is 6.06. The van der Waals surface area contributed by atoms with Crippen LogP contribution in [-0.4, -0.2) is 100 Å². The average molecular weight is 614 g/mol. The maximum Gasteiger partial charge on any atom is 0.417 e. The molecule has 3 N–H and O–H groups in total. The summed E-state index contributed by atoms with van der Waals surface area (Å²) in [6, 6.07) is 2.76. The molecule has 6 heterocycles. The topological polar surface area (TPSA) is 134 Å². The van der Waals surface area contributed by atoms with E-state index in [0.717, 1.165) is 23.4 Å². The minimum atomic E-state index is -4.67. The van der Waals surface area contributed by atoms with E-state index in [4.69, 9.17) is 10.5 Å². The van der Waals surface area contributed by atoms with E-state index >= 15 is 0 Å². The normalized spacial score (nSPS) is 18.2. The molecule has 0 radical (unpaired) electrons. The molecule has 0 atom stereocenters. The Kier molecular flexibility index (Phi) is 7.70. The van der Waals surface area contributed by atoms with Crippen LogP contribution in [0.1, 0.15) is 25.0 Å². The molecule has 3 aromatic rings. The molecule has 3 fully saturated rings. The number of pyridine rings is 1. The number of alkyl halides is 3. The number of anilines is 2. The largest absolute Gasteiger partial charge is 0.417 e. The number of carbonyl (C=O) groups excluding carboxylic acids is 2. The van der Waals surface area contributed by atoms with E-state index in [-0.39, 0.29) is 41.0 Å². The van der Waals surface area contributed by atoms with Crippen molar-refractivity contribution in [1.29, 1.82) is 0 Å². The summed E-state index contributed by atoms with van der Waals surface area (Å²) >= 11 is 0. The molecule has 1 spiro atoms. The van der Waals surface area contributed by atoms with Gasteiger partial charge in [-0.1, -0.05) is 5.57 Å². The highest BCUT2D eigenvalue weighted by molar-refractivity contribution is 5.91. The molecule has 0 bridgehead atoms.